The van der Waals surface area contributed by atoms with Crippen molar-refractivity contribution in [1.29, 1.82) is 0 Å². The molecule has 1 unspecified atom stereocenters. The van der Waals surface area contributed by atoms with Crippen molar-refractivity contribution in [3.05, 3.63) is 65.2 Å². The van der Waals surface area contributed by atoms with Crippen molar-refractivity contribution in [3.63, 3.8) is 0 Å². The fraction of sp³-hybridized carbons (Fsp3) is 0.261. The molecule has 9 heteroatoms. The van der Waals surface area contributed by atoms with Crippen LogP contribution in [-0.2, 0) is 14.3 Å². The number of rotatable bonds is 12. The fourth-order valence-electron chi connectivity index (χ4n) is 2.93. The van der Waals surface area contributed by atoms with Crippen LogP contribution in [0.25, 0.3) is 0 Å². The summed E-state index contributed by atoms with van der Waals surface area (Å²) in [5.74, 6) is -2.88. The molecular formula is C23H22NO7S-. The van der Waals surface area contributed by atoms with E-state index in [0.29, 0.717) is 16.7 Å². The molecule has 0 aliphatic heterocycles. The first-order valence-corrected chi connectivity index (χ1v) is 10.1. The van der Waals surface area contributed by atoms with Crippen molar-refractivity contribution < 1.29 is 33.8 Å². The SMILES string of the molecule is CC(=O)OCCC(CC(=O)c1ccc(C(N)=S)cc1)C(=O)c1ccc(OCC(=O)[O-])cc1. The van der Waals surface area contributed by atoms with Gasteiger partial charge in [-0.15, -0.1) is 0 Å². The maximum atomic E-state index is 13.0. The van der Waals surface area contributed by atoms with Gasteiger partial charge in [-0.1, -0.05) is 36.5 Å². The molecule has 168 valence electrons. The molecule has 0 fully saturated rings. The molecule has 1 atom stereocenters. The molecule has 2 aromatic rings. The smallest absolute Gasteiger partial charge is 0.302 e. The fourth-order valence-corrected chi connectivity index (χ4v) is 3.06. The number of esters is 1. The molecule has 2 N–H and O–H groups in total. The van der Waals surface area contributed by atoms with Crippen LogP contribution in [0.5, 0.6) is 5.75 Å². The van der Waals surface area contributed by atoms with Gasteiger partial charge >= 0.3 is 5.97 Å². The van der Waals surface area contributed by atoms with E-state index in [1.165, 1.54) is 31.2 Å². The molecule has 0 bridgehead atoms. The van der Waals surface area contributed by atoms with E-state index in [9.17, 15) is 24.3 Å². The summed E-state index contributed by atoms with van der Waals surface area (Å²) in [5, 5.41) is 10.5. The van der Waals surface area contributed by atoms with Crippen molar-refractivity contribution in [1.82, 2.24) is 0 Å². The molecule has 2 aromatic carbocycles. The van der Waals surface area contributed by atoms with Crippen LogP contribution in [0.1, 0.15) is 46.0 Å². The second-order valence-corrected chi connectivity index (χ2v) is 7.38. The molecular weight excluding hydrogens is 434 g/mol. The van der Waals surface area contributed by atoms with Crippen molar-refractivity contribution in [2.75, 3.05) is 13.2 Å². The third kappa shape index (κ3) is 7.59. The molecule has 0 aliphatic carbocycles. The molecule has 2 rings (SSSR count). The van der Waals surface area contributed by atoms with E-state index in [1.54, 1.807) is 24.3 Å². The summed E-state index contributed by atoms with van der Waals surface area (Å²) in [5.41, 5.74) is 6.91. The van der Waals surface area contributed by atoms with Gasteiger partial charge in [0.05, 0.1) is 12.6 Å². The average molecular weight is 456 g/mol. The van der Waals surface area contributed by atoms with Gasteiger partial charge in [0.1, 0.15) is 17.3 Å². The predicted molar refractivity (Wildman–Crippen MR) is 117 cm³/mol. The quantitative estimate of drug-likeness (QED) is 0.286. The Morgan fingerprint density at radius 2 is 1.53 bits per heavy atom. The van der Waals surface area contributed by atoms with Gasteiger partial charge in [0.2, 0.25) is 0 Å². The molecule has 0 spiro atoms. The summed E-state index contributed by atoms with van der Waals surface area (Å²) in [4.78, 5) is 47.6. The Balaban J connectivity index is 2.14. The number of hydrogen-bond acceptors (Lipinski definition) is 8. The Kier molecular flexibility index (Phi) is 9.03. The van der Waals surface area contributed by atoms with E-state index < -0.39 is 24.5 Å². The minimum atomic E-state index is -1.37. The minimum Gasteiger partial charge on any atom is -0.546 e. The number of nitrogens with two attached hydrogens (primary N) is 1. The first-order valence-electron chi connectivity index (χ1n) is 9.70. The summed E-state index contributed by atoms with van der Waals surface area (Å²) in [6.45, 7) is 0.642. The zero-order valence-corrected chi connectivity index (χ0v) is 18.2. The normalized spacial score (nSPS) is 11.3. The highest BCUT2D eigenvalue weighted by atomic mass is 32.1. The molecule has 0 heterocycles. The van der Waals surface area contributed by atoms with Gasteiger partial charge in [0, 0.05) is 36.0 Å². The Hall–Kier alpha value is -3.59. The van der Waals surface area contributed by atoms with Crippen LogP contribution in [0.2, 0.25) is 0 Å². The number of carbonyl (C=O) groups is 4. The van der Waals surface area contributed by atoms with Gasteiger partial charge in [-0.2, -0.15) is 0 Å². The Labute approximate surface area is 190 Å². The van der Waals surface area contributed by atoms with Crippen LogP contribution in [0.3, 0.4) is 0 Å². The van der Waals surface area contributed by atoms with E-state index >= 15 is 0 Å². The van der Waals surface area contributed by atoms with Crippen LogP contribution < -0.4 is 15.6 Å². The van der Waals surface area contributed by atoms with Gasteiger partial charge in [0.25, 0.3) is 0 Å². The molecule has 0 radical (unpaired) electrons. The molecule has 8 nitrogen and oxygen atoms in total. The molecule has 0 saturated carbocycles. The largest absolute Gasteiger partial charge is 0.546 e. The highest BCUT2D eigenvalue weighted by Crippen LogP contribution is 2.22. The third-order valence-corrected chi connectivity index (χ3v) is 4.80. The Morgan fingerprint density at radius 1 is 0.969 bits per heavy atom. The summed E-state index contributed by atoms with van der Waals surface area (Å²) in [6, 6.07) is 12.3. The topological polar surface area (TPSA) is 136 Å². The van der Waals surface area contributed by atoms with Crippen molar-refractivity contribution in [3.8, 4) is 5.75 Å². The number of carboxylic acids is 1. The molecule has 0 aromatic heterocycles. The van der Waals surface area contributed by atoms with Crippen molar-refractivity contribution in [2.45, 2.75) is 19.8 Å². The second kappa shape index (κ2) is 11.7. The van der Waals surface area contributed by atoms with Crippen LogP contribution >= 0.6 is 12.2 Å². The van der Waals surface area contributed by atoms with Crippen LogP contribution in [0.4, 0.5) is 0 Å². The number of ketones is 2. The van der Waals surface area contributed by atoms with Crippen molar-refractivity contribution >= 4 is 40.7 Å². The van der Waals surface area contributed by atoms with Crippen LogP contribution in [0.15, 0.2) is 48.5 Å². The van der Waals surface area contributed by atoms with Gasteiger partial charge in [0.15, 0.2) is 11.6 Å². The van der Waals surface area contributed by atoms with E-state index in [1.807, 2.05) is 0 Å². The lowest BCUT2D eigenvalue weighted by atomic mass is 9.88. The number of aliphatic carboxylic acids is 1. The zero-order chi connectivity index (χ0) is 23.7. The number of benzene rings is 2. The number of Topliss-reactive ketones (excluding diaryl/α,β-unsaturated/α-hetero) is 2. The Bertz CT molecular complexity index is 1000. The van der Waals surface area contributed by atoms with Gasteiger partial charge in [-0.3, -0.25) is 14.4 Å². The van der Waals surface area contributed by atoms with E-state index in [2.05, 4.69) is 0 Å². The average Bonchev–Trinajstić information content (AvgIpc) is 2.76. The number of thiocarbonyl (C=S) groups is 1. The summed E-state index contributed by atoms with van der Waals surface area (Å²) < 4.78 is 9.95. The van der Waals surface area contributed by atoms with Crippen LogP contribution in [0, 0.1) is 5.92 Å². The lowest BCUT2D eigenvalue weighted by Crippen LogP contribution is -2.28. The molecule has 32 heavy (non-hydrogen) atoms. The lowest BCUT2D eigenvalue weighted by Gasteiger charge is -2.16. The first kappa shape index (κ1) is 24.7. The molecule has 0 aliphatic rings. The molecule has 0 saturated heterocycles. The second-order valence-electron chi connectivity index (χ2n) is 6.94. The number of carboxylic acid groups (broad SMARTS) is 1. The standard InChI is InChI=1S/C23H23NO7S/c1-14(25)30-11-10-18(12-20(26)15-2-4-17(5-3-15)23(24)32)22(29)16-6-8-19(9-7-16)31-13-21(27)28/h2-9,18H,10-13H2,1H3,(H2,24,32)(H,27,28)/p-1. The van der Waals surface area contributed by atoms with Gasteiger partial charge < -0.3 is 25.1 Å². The van der Waals surface area contributed by atoms with E-state index in [-0.39, 0.29) is 41.8 Å². The third-order valence-electron chi connectivity index (χ3n) is 4.56. The summed E-state index contributed by atoms with van der Waals surface area (Å²) >= 11 is 4.90. The monoisotopic (exact) mass is 456 g/mol. The molecule has 0 amide bonds. The number of carbonyl (C=O) groups excluding carboxylic acids is 4. The maximum Gasteiger partial charge on any atom is 0.302 e. The lowest BCUT2D eigenvalue weighted by molar-refractivity contribution is -0.307. The van der Waals surface area contributed by atoms with E-state index in [0.717, 1.165) is 0 Å². The first-order chi connectivity index (χ1) is 15.2. The van der Waals surface area contributed by atoms with Gasteiger partial charge in [-0.05, 0) is 30.7 Å². The van der Waals surface area contributed by atoms with Crippen LogP contribution in [-0.4, -0.2) is 41.7 Å². The number of ether oxygens (including phenoxy) is 2. The summed E-state index contributed by atoms with van der Waals surface area (Å²) in [6.07, 6.45) is 0.0769. The maximum absolute atomic E-state index is 13.0. The summed E-state index contributed by atoms with van der Waals surface area (Å²) in [7, 11) is 0. The number of hydrogen-bond donors (Lipinski definition) is 1. The zero-order valence-electron chi connectivity index (χ0n) is 17.4. The van der Waals surface area contributed by atoms with Crippen molar-refractivity contribution in [2.24, 2.45) is 11.7 Å². The minimum absolute atomic E-state index is 0.00773. The van der Waals surface area contributed by atoms with E-state index in [4.69, 9.17) is 27.4 Å². The Morgan fingerprint density at radius 3 is 2.06 bits per heavy atom. The highest BCUT2D eigenvalue weighted by molar-refractivity contribution is 7.80. The predicted octanol–water partition coefficient (Wildman–Crippen LogP) is 1.47. The highest BCUT2D eigenvalue weighted by Gasteiger charge is 2.24. The van der Waals surface area contributed by atoms with Gasteiger partial charge in [-0.25, -0.2) is 0 Å².